The lowest BCUT2D eigenvalue weighted by Gasteiger charge is -2.35. The normalized spacial score (nSPS) is 22.5. The van der Waals surface area contributed by atoms with E-state index in [0.717, 1.165) is 51.6 Å². The molecule has 0 aromatic rings. The lowest BCUT2D eigenvalue weighted by Crippen LogP contribution is -2.46. The molecule has 0 aromatic heterocycles. The standard InChI is InChI=1S/C16H28N4O3/c17-16(23)19-7-2-1-3-12-5-9-20(10-6-12)15(22)13-4-8-18-14(21)11-13/h12-13H,1-11H2,(H,18,21)(H3,17,19,23). The zero-order chi connectivity index (χ0) is 16.7. The highest BCUT2D eigenvalue weighted by atomic mass is 16.2. The van der Waals surface area contributed by atoms with Crippen LogP contribution in [0.25, 0.3) is 0 Å². The number of unbranched alkanes of at least 4 members (excludes halogenated alkanes) is 1. The molecule has 0 bridgehead atoms. The smallest absolute Gasteiger partial charge is 0.312 e. The van der Waals surface area contributed by atoms with E-state index in [0.29, 0.717) is 25.4 Å². The van der Waals surface area contributed by atoms with Crippen LogP contribution in [0.5, 0.6) is 0 Å². The van der Waals surface area contributed by atoms with Crippen LogP contribution < -0.4 is 16.4 Å². The second kappa shape index (κ2) is 8.74. The van der Waals surface area contributed by atoms with Gasteiger partial charge < -0.3 is 21.3 Å². The number of likely N-dealkylation sites (tertiary alicyclic amines) is 1. The lowest BCUT2D eigenvalue weighted by molar-refractivity contribution is -0.141. The van der Waals surface area contributed by atoms with Crippen molar-refractivity contribution in [3.63, 3.8) is 0 Å². The lowest BCUT2D eigenvalue weighted by atomic mass is 9.89. The van der Waals surface area contributed by atoms with Gasteiger partial charge in [0.25, 0.3) is 0 Å². The first-order chi connectivity index (χ1) is 11.1. The van der Waals surface area contributed by atoms with Gasteiger partial charge in [-0.15, -0.1) is 0 Å². The number of hydrogen-bond acceptors (Lipinski definition) is 3. The minimum Gasteiger partial charge on any atom is -0.356 e. The van der Waals surface area contributed by atoms with Gasteiger partial charge in [-0.25, -0.2) is 4.79 Å². The average Bonchev–Trinajstić information content (AvgIpc) is 2.54. The summed E-state index contributed by atoms with van der Waals surface area (Å²) < 4.78 is 0. The number of nitrogens with zero attached hydrogens (tertiary/aromatic N) is 1. The summed E-state index contributed by atoms with van der Waals surface area (Å²) >= 11 is 0. The van der Waals surface area contributed by atoms with Gasteiger partial charge in [0.1, 0.15) is 0 Å². The highest BCUT2D eigenvalue weighted by Gasteiger charge is 2.31. The molecule has 0 aliphatic carbocycles. The van der Waals surface area contributed by atoms with Crippen LogP contribution in [0.2, 0.25) is 0 Å². The van der Waals surface area contributed by atoms with Gasteiger partial charge in [0.15, 0.2) is 0 Å². The molecule has 7 heteroatoms. The topological polar surface area (TPSA) is 105 Å². The molecule has 1 unspecified atom stereocenters. The monoisotopic (exact) mass is 324 g/mol. The Labute approximate surface area is 137 Å². The minimum atomic E-state index is -0.465. The number of rotatable bonds is 6. The predicted octanol–water partition coefficient (Wildman–Crippen LogP) is 0.590. The number of amides is 4. The molecule has 23 heavy (non-hydrogen) atoms. The Morgan fingerprint density at radius 2 is 1.96 bits per heavy atom. The molecule has 0 radical (unpaired) electrons. The summed E-state index contributed by atoms with van der Waals surface area (Å²) in [7, 11) is 0. The van der Waals surface area contributed by atoms with Crippen molar-refractivity contribution in [2.45, 2.75) is 44.9 Å². The molecule has 0 spiro atoms. The molecule has 2 heterocycles. The first kappa shape index (κ1) is 17.6. The maximum atomic E-state index is 12.5. The third-order valence-electron chi connectivity index (χ3n) is 4.86. The van der Waals surface area contributed by atoms with Gasteiger partial charge in [-0.05, 0) is 31.6 Å². The van der Waals surface area contributed by atoms with Crippen molar-refractivity contribution in [1.82, 2.24) is 15.5 Å². The van der Waals surface area contributed by atoms with Crippen molar-refractivity contribution >= 4 is 17.8 Å². The second-order valence-electron chi connectivity index (χ2n) is 6.60. The number of nitrogens with two attached hydrogens (primary N) is 1. The predicted molar refractivity (Wildman–Crippen MR) is 86.5 cm³/mol. The highest BCUT2D eigenvalue weighted by molar-refractivity contribution is 5.86. The van der Waals surface area contributed by atoms with E-state index in [9.17, 15) is 14.4 Å². The van der Waals surface area contributed by atoms with E-state index in [-0.39, 0.29) is 17.7 Å². The van der Waals surface area contributed by atoms with Crippen LogP contribution in [-0.4, -0.2) is 48.9 Å². The van der Waals surface area contributed by atoms with Gasteiger partial charge in [0, 0.05) is 38.5 Å². The molecule has 4 amide bonds. The number of primary amides is 1. The van der Waals surface area contributed by atoms with E-state index < -0.39 is 6.03 Å². The van der Waals surface area contributed by atoms with Crippen molar-refractivity contribution in [3.05, 3.63) is 0 Å². The van der Waals surface area contributed by atoms with Gasteiger partial charge >= 0.3 is 6.03 Å². The van der Waals surface area contributed by atoms with Crippen LogP contribution in [0.15, 0.2) is 0 Å². The molecule has 130 valence electrons. The van der Waals surface area contributed by atoms with Gasteiger partial charge in [0.05, 0.1) is 0 Å². The van der Waals surface area contributed by atoms with E-state index in [2.05, 4.69) is 10.6 Å². The highest BCUT2D eigenvalue weighted by Crippen LogP contribution is 2.25. The van der Waals surface area contributed by atoms with Crippen molar-refractivity contribution < 1.29 is 14.4 Å². The fraction of sp³-hybridized carbons (Fsp3) is 0.812. The van der Waals surface area contributed by atoms with Gasteiger partial charge in [0.2, 0.25) is 11.8 Å². The summed E-state index contributed by atoms with van der Waals surface area (Å²) in [6.45, 7) is 2.86. The van der Waals surface area contributed by atoms with Crippen LogP contribution in [0.1, 0.15) is 44.9 Å². The molecule has 0 aromatic carbocycles. The first-order valence-electron chi connectivity index (χ1n) is 8.65. The molecule has 4 N–H and O–H groups in total. The van der Waals surface area contributed by atoms with Gasteiger partial charge in [-0.1, -0.05) is 12.8 Å². The maximum absolute atomic E-state index is 12.5. The van der Waals surface area contributed by atoms with Crippen LogP contribution >= 0.6 is 0 Å². The summed E-state index contributed by atoms with van der Waals surface area (Å²) in [5, 5.41) is 5.37. The Morgan fingerprint density at radius 1 is 1.22 bits per heavy atom. The van der Waals surface area contributed by atoms with E-state index in [1.807, 2.05) is 4.90 Å². The van der Waals surface area contributed by atoms with Crippen molar-refractivity contribution in [1.29, 1.82) is 0 Å². The molecular formula is C16H28N4O3. The molecule has 0 saturated carbocycles. The Balaban J connectivity index is 1.62. The van der Waals surface area contributed by atoms with E-state index in [1.54, 1.807) is 0 Å². The Morgan fingerprint density at radius 3 is 2.61 bits per heavy atom. The number of hydrogen-bond donors (Lipinski definition) is 3. The van der Waals surface area contributed by atoms with E-state index in [1.165, 1.54) is 0 Å². The largest absolute Gasteiger partial charge is 0.356 e. The van der Waals surface area contributed by atoms with Crippen molar-refractivity contribution in [3.8, 4) is 0 Å². The Bertz CT molecular complexity index is 433. The number of piperidine rings is 2. The fourth-order valence-electron chi connectivity index (χ4n) is 3.46. The summed E-state index contributed by atoms with van der Waals surface area (Å²) in [5.74, 6) is 0.681. The minimum absolute atomic E-state index is 0.00550. The van der Waals surface area contributed by atoms with Crippen LogP contribution in [0.3, 0.4) is 0 Å². The number of carbonyl (C=O) groups is 3. The zero-order valence-corrected chi connectivity index (χ0v) is 13.7. The van der Waals surface area contributed by atoms with Gasteiger partial charge in [-0.3, -0.25) is 9.59 Å². The Kier molecular flexibility index (Phi) is 6.67. The third-order valence-corrected chi connectivity index (χ3v) is 4.86. The maximum Gasteiger partial charge on any atom is 0.312 e. The molecule has 2 fully saturated rings. The molecule has 2 aliphatic rings. The molecule has 7 nitrogen and oxygen atoms in total. The van der Waals surface area contributed by atoms with Crippen molar-refractivity contribution in [2.24, 2.45) is 17.6 Å². The molecule has 2 aliphatic heterocycles. The quantitative estimate of drug-likeness (QED) is 0.623. The van der Waals surface area contributed by atoms with Gasteiger partial charge in [-0.2, -0.15) is 0 Å². The summed E-state index contributed by atoms with van der Waals surface area (Å²) in [5.41, 5.74) is 5.02. The fourth-order valence-corrected chi connectivity index (χ4v) is 3.46. The second-order valence-corrected chi connectivity index (χ2v) is 6.60. The van der Waals surface area contributed by atoms with Crippen LogP contribution in [0.4, 0.5) is 4.79 Å². The summed E-state index contributed by atoms with van der Waals surface area (Å²) in [6, 6.07) is -0.465. The first-order valence-corrected chi connectivity index (χ1v) is 8.65. The SMILES string of the molecule is NC(=O)NCCCCC1CCN(C(=O)C2CCNC(=O)C2)CC1. The van der Waals surface area contributed by atoms with Crippen LogP contribution in [-0.2, 0) is 9.59 Å². The molecule has 2 rings (SSSR count). The van der Waals surface area contributed by atoms with Crippen LogP contribution in [0, 0.1) is 11.8 Å². The molecule has 1 atom stereocenters. The number of nitrogens with one attached hydrogen (secondary N) is 2. The molecule has 2 saturated heterocycles. The Hall–Kier alpha value is -1.79. The van der Waals surface area contributed by atoms with Crippen molar-refractivity contribution in [2.75, 3.05) is 26.2 Å². The average molecular weight is 324 g/mol. The summed E-state index contributed by atoms with van der Waals surface area (Å²) in [4.78, 5) is 36.4. The summed E-state index contributed by atoms with van der Waals surface area (Å²) in [6.07, 6.45) is 6.32. The number of urea groups is 1. The van der Waals surface area contributed by atoms with E-state index in [4.69, 9.17) is 5.73 Å². The third kappa shape index (κ3) is 5.73. The molecular weight excluding hydrogens is 296 g/mol. The zero-order valence-electron chi connectivity index (χ0n) is 13.7. The van der Waals surface area contributed by atoms with E-state index >= 15 is 0 Å². The number of carbonyl (C=O) groups excluding carboxylic acids is 3.